The Morgan fingerprint density at radius 3 is 2.67 bits per heavy atom. The number of likely N-dealkylation sites (N-methyl/N-ethyl adjacent to an activating group) is 1. The van der Waals surface area contributed by atoms with Crippen molar-refractivity contribution in [3.8, 4) is 22.7 Å². The minimum atomic E-state index is -0.287. The van der Waals surface area contributed by atoms with Gasteiger partial charge in [0.2, 0.25) is 0 Å². The first-order valence-electron chi connectivity index (χ1n) is 10.5. The second kappa shape index (κ2) is 9.41. The van der Waals surface area contributed by atoms with E-state index in [0.29, 0.717) is 18.3 Å². The normalized spacial score (nSPS) is 17.2. The van der Waals surface area contributed by atoms with E-state index in [4.69, 9.17) is 9.84 Å². The molecule has 0 aliphatic carbocycles. The first kappa shape index (κ1) is 20.6. The standard InChI is InChI=1S/C24H29FN4O/c1-28-14-6-5-7-20(28)16-26-15-19-17-29(23-9-4-3-8-22(23)25)27-24(19)18-10-12-21(30-2)13-11-18/h3-4,8-13,17,20,26H,5-7,14-16H2,1-2H3. The molecule has 0 saturated carbocycles. The number of aromatic nitrogens is 2. The number of para-hydroxylation sites is 1. The highest BCUT2D eigenvalue weighted by Crippen LogP contribution is 2.26. The van der Waals surface area contributed by atoms with Crippen LogP contribution in [0.2, 0.25) is 0 Å². The number of halogens is 1. The number of benzene rings is 2. The lowest BCUT2D eigenvalue weighted by atomic mass is 10.0. The summed E-state index contributed by atoms with van der Waals surface area (Å²) < 4.78 is 21.3. The number of ether oxygens (including phenoxy) is 1. The second-order valence-electron chi connectivity index (χ2n) is 7.89. The summed E-state index contributed by atoms with van der Waals surface area (Å²) in [5, 5.41) is 8.33. The SMILES string of the molecule is COc1ccc(-c2nn(-c3ccccc3F)cc2CNCC2CCCCN2C)cc1. The van der Waals surface area contributed by atoms with Crippen LogP contribution in [0.5, 0.6) is 5.75 Å². The predicted molar refractivity (Wildman–Crippen MR) is 117 cm³/mol. The molecular formula is C24H29FN4O. The Hall–Kier alpha value is -2.70. The van der Waals surface area contributed by atoms with Crippen molar-refractivity contribution in [2.75, 3.05) is 27.2 Å². The van der Waals surface area contributed by atoms with Gasteiger partial charge >= 0.3 is 0 Å². The number of rotatable bonds is 7. The molecule has 4 rings (SSSR count). The number of methoxy groups -OCH3 is 1. The predicted octanol–water partition coefficient (Wildman–Crippen LogP) is 4.26. The van der Waals surface area contributed by atoms with E-state index in [1.54, 1.807) is 23.9 Å². The van der Waals surface area contributed by atoms with E-state index in [1.807, 2.05) is 36.5 Å². The zero-order chi connectivity index (χ0) is 20.9. The highest BCUT2D eigenvalue weighted by molar-refractivity contribution is 5.64. The average Bonchev–Trinajstić information content (AvgIpc) is 3.19. The zero-order valence-electron chi connectivity index (χ0n) is 17.6. The van der Waals surface area contributed by atoms with E-state index in [0.717, 1.165) is 35.7 Å². The van der Waals surface area contributed by atoms with Crippen molar-refractivity contribution in [2.45, 2.75) is 31.8 Å². The Bertz CT molecular complexity index is 970. The molecule has 1 aliphatic heterocycles. The summed E-state index contributed by atoms with van der Waals surface area (Å²) in [7, 11) is 3.85. The highest BCUT2D eigenvalue weighted by Gasteiger charge is 2.19. The second-order valence-corrected chi connectivity index (χ2v) is 7.89. The molecule has 30 heavy (non-hydrogen) atoms. The Balaban J connectivity index is 1.59. The van der Waals surface area contributed by atoms with Gasteiger partial charge in [-0.3, -0.25) is 0 Å². The summed E-state index contributed by atoms with van der Waals surface area (Å²) in [5.41, 5.74) is 3.33. The third kappa shape index (κ3) is 4.55. The Morgan fingerprint density at radius 2 is 1.93 bits per heavy atom. The molecule has 0 radical (unpaired) electrons. The Kier molecular flexibility index (Phi) is 6.45. The Morgan fingerprint density at radius 1 is 1.13 bits per heavy atom. The van der Waals surface area contributed by atoms with Gasteiger partial charge in [-0.05, 0) is 62.8 Å². The molecule has 5 nitrogen and oxygen atoms in total. The molecule has 0 bridgehead atoms. The maximum atomic E-state index is 14.4. The third-order valence-corrected chi connectivity index (χ3v) is 5.87. The fourth-order valence-electron chi connectivity index (χ4n) is 4.07. The van der Waals surface area contributed by atoms with Crippen molar-refractivity contribution in [2.24, 2.45) is 0 Å². The van der Waals surface area contributed by atoms with Crippen LogP contribution >= 0.6 is 0 Å². The minimum absolute atomic E-state index is 0.287. The van der Waals surface area contributed by atoms with Crippen LogP contribution < -0.4 is 10.1 Å². The van der Waals surface area contributed by atoms with Gasteiger partial charge in [0.1, 0.15) is 17.3 Å². The summed E-state index contributed by atoms with van der Waals surface area (Å²) in [6.07, 6.45) is 5.72. The van der Waals surface area contributed by atoms with E-state index in [1.165, 1.54) is 25.3 Å². The molecule has 1 unspecified atom stereocenters. The van der Waals surface area contributed by atoms with E-state index in [9.17, 15) is 4.39 Å². The van der Waals surface area contributed by atoms with Gasteiger partial charge in [0, 0.05) is 36.5 Å². The van der Waals surface area contributed by atoms with E-state index in [-0.39, 0.29) is 5.82 Å². The number of piperidine rings is 1. The van der Waals surface area contributed by atoms with Crippen LogP contribution in [0, 0.1) is 5.82 Å². The first-order chi connectivity index (χ1) is 14.7. The number of nitrogens with one attached hydrogen (secondary N) is 1. The number of hydrogen-bond acceptors (Lipinski definition) is 4. The van der Waals surface area contributed by atoms with Gasteiger partial charge in [0.15, 0.2) is 0 Å². The van der Waals surface area contributed by atoms with Crippen molar-refractivity contribution < 1.29 is 9.13 Å². The minimum Gasteiger partial charge on any atom is -0.497 e. The van der Waals surface area contributed by atoms with Gasteiger partial charge in [-0.15, -0.1) is 0 Å². The van der Waals surface area contributed by atoms with Crippen LogP contribution in [0.1, 0.15) is 24.8 Å². The molecular weight excluding hydrogens is 379 g/mol. The lowest BCUT2D eigenvalue weighted by Crippen LogP contribution is -2.42. The summed E-state index contributed by atoms with van der Waals surface area (Å²) in [4.78, 5) is 2.43. The van der Waals surface area contributed by atoms with Crippen molar-refractivity contribution in [3.63, 3.8) is 0 Å². The van der Waals surface area contributed by atoms with Crippen LogP contribution in [0.25, 0.3) is 16.9 Å². The van der Waals surface area contributed by atoms with Crippen LogP contribution in [0.3, 0.4) is 0 Å². The molecule has 1 saturated heterocycles. The molecule has 3 aromatic rings. The monoisotopic (exact) mass is 408 g/mol. The van der Waals surface area contributed by atoms with E-state index >= 15 is 0 Å². The van der Waals surface area contributed by atoms with Crippen molar-refractivity contribution in [1.82, 2.24) is 20.0 Å². The van der Waals surface area contributed by atoms with Crippen LogP contribution in [0.4, 0.5) is 4.39 Å². The smallest absolute Gasteiger partial charge is 0.148 e. The van der Waals surface area contributed by atoms with Gasteiger partial charge in [-0.1, -0.05) is 18.6 Å². The van der Waals surface area contributed by atoms with Crippen LogP contribution in [-0.2, 0) is 6.54 Å². The first-order valence-corrected chi connectivity index (χ1v) is 10.5. The summed E-state index contributed by atoms with van der Waals surface area (Å²) >= 11 is 0. The van der Waals surface area contributed by atoms with Gasteiger partial charge in [-0.25, -0.2) is 9.07 Å². The van der Waals surface area contributed by atoms with Crippen molar-refractivity contribution in [3.05, 3.63) is 66.1 Å². The fourth-order valence-corrected chi connectivity index (χ4v) is 4.07. The summed E-state index contributed by atoms with van der Waals surface area (Å²) in [5.74, 6) is 0.511. The fraction of sp³-hybridized carbons (Fsp3) is 0.375. The molecule has 2 aromatic carbocycles. The zero-order valence-corrected chi connectivity index (χ0v) is 17.6. The maximum Gasteiger partial charge on any atom is 0.148 e. The molecule has 1 aliphatic rings. The number of likely N-dealkylation sites (tertiary alicyclic amines) is 1. The molecule has 0 amide bonds. The maximum absolute atomic E-state index is 14.4. The van der Waals surface area contributed by atoms with Crippen LogP contribution in [0.15, 0.2) is 54.7 Å². The highest BCUT2D eigenvalue weighted by atomic mass is 19.1. The van der Waals surface area contributed by atoms with Gasteiger partial charge < -0.3 is 15.0 Å². The lowest BCUT2D eigenvalue weighted by molar-refractivity contribution is 0.181. The summed E-state index contributed by atoms with van der Waals surface area (Å²) in [6.45, 7) is 2.78. The molecule has 0 spiro atoms. The van der Waals surface area contributed by atoms with Gasteiger partial charge in [0.05, 0.1) is 12.8 Å². The van der Waals surface area contributed by atoms with E-state index < -0.39 is 0 Å². The molecule has 1 atom stereocenters. The molecule has 1 aromatic heterocycles. The number of hydrogen-bond donors (Lipinski definition) is 1. The van der Waals surface area contributed by atoms with E-state index in [2.05, 4.69) is 17.3 Å². The lowest BCUT2D eigenvalue weighted by Gasteiger charge is -2.32. The van der Waals surface area contributed by atoms with Gasteiger partial charge in [0.25, 0.3) is 0 Å². The molecule has 6 heteroatoms. The summed E-state index contributed by atoms with van der Waals surface area (Å²) in [6, 6.07) is 15.1. The average molecular weight is 409 g/mol. The molecule has 1 N–H and O–H groups in total. The third-order valence-electron chi connectivity index (χ3n) is 5.87. The number of nitrogens with zero attached hydrogens (tertiary/aromatic N) is 3. The molecule has 1 fully saturated rings. The topological polar surface area (TPSA) is 42.3 Å². The quantitative estimate of drug-likeness (QED) is 0.634. The van der Waals surface area contributed by atoms with Crippen LogP contribution in [-0.4, -0.2) is 48.0 Å². The molecule has 2 heterocycles. The molecule has 158 valence electrons. The van der Waals surface area contributed by atoms with Crippen molar-refractivity contribution in [1.29, 1.82) is 0 Å². The Labute approximate surface area is 177 Å². The van der Waals surface area contributed by atoms with Crippen molar-refractivity contribution >= 4 is 0 Å². The van der Waals surface area contributed by atoms with Gasteiger partial charge in [-0.2, -0.15) is 5.10 Å². The largest absolute Gasteiger partial charge is 0.497 e.